The van der Waals surface area contributed by atoms with E-state index in [4.69, 9.17) is 4.74 Å². The number of hydrogen-bond acceptors (Lipinski definition) is 4. The number of rotatable bonds is 4. The summed E-state index contributed by atoms with van der Waals surface area (Å²) in [5.41, 5.74) is -0.685. The van der Waals surface area contributed by atoms with Crippen molar-refractivity contribution in [3.8, 4) is 5.75 Å². The van der Waals surface area contributed by atoms with Gasteiger partial charge in [0.2, 0.25) is 0 Å². The second-order valence-corrected chi connectivity index (χ2v) is 5.57. The molecule has 0 spiro atoms. The molecule has 1 fully saturated rings. The van der Waals surface area contributed by atoms with Crippen molar-refractivity contribution < 1.29 is 19.4 Å². The largest absolute Gasteiger partial charge is 0.495 e. The Morgan fingerprint density at radius 1 is 1.40 bits per heavy atom. The van der Waals surface area contributed by atoms with Gasteiger partial charge in [-0.15, -0.1) is 0 Å². The quantitative estimate of drug-likeness (QED) is 0.788. The Morgan fingerprint density at radius 2 is 2.15 bits per heavy atom. The van der Waals surface area contributed by atoms with E-state index in [0.717, 1.165) is 5.75 Å². The number of carbonyl (C=O) groups is 2. The molecule has 0 radical (unpaired) electrons. The number of thioether (sulfide) groups is 1. The molecule has 108 valence electrons. The lowest BCUT2D eigenvalue weighted by Crippen LogP contribution is -2.55. The third-order valence-corrected chi connectivity index (χ3v) is 4.33. The number of carboxylic acids is 1. The third-order valence-electron chi connectivity index (χ3n) is 3.14. The average Bonchev–Trinajstić information content (AvgIpc) is 2.89. The highest BCUT2D eigenvalue weighted by Crippen LogP contribution is 2.29. The number of anilines is 1. The van der Waals surface area contributed by atoms with Crippen molar-refractivity contribution >= 4 is 29.4 Å². The van der Waals surface area contributed by atoms with E-state index < -0.39 is 17.5 Å². The van der Waals surface area contributed by atoms with Crippen LogP contribution in [-0.2, 0) is 4.79 Å². The number of aliphatic carboxylic acids is 1. The minimum atomic E-state index is -1.18. The normalized spacial score (nSPS) is 21.2. The number of methoxy groups -OCH3 is 1. The van der Waals surface area contributed by atoms with Crippen LogP contribution in [0.1, 0.15) is 6.42 Å². The smallest absolute Gasteiger partial charge is 0.330 e. The highest BCUT2D eigenvalue weighted by atomic mass is 32.2. The summed E-state index contributed by atoms with van der Waals surface area (Å²) in [4.78, 5) is 23.3. The van der Waals surface area contributed by atoms with Gasteiger partial charge in [-0.1, -0.05) is 12.1 Å². The van der Waals surface area contributed by atoms with Gasteiger partial charge in [-0.25, -0.2) is 9.59 Å². The molecule has 3 N–H and O–H groups in total. The van der Waals surface area contributed by atoms with Crippen LogP contribution in [0.3, 0.4) is 0 Å². The molecule has 0 aromatic heterocycles. The fourth-order valence-electron chi connectivity index (χ4n) is 2.00. The summed E-state index contributed by atoms with van der Waals surface area (Å²) in [6.45, 7) is 0. The second-order valence-electron chi connectivity index (χ2n) is 4.47. The molecular formula is C13H16N2O4S. The molecule has 0 saturated carbocycles. The van der Waals surface area contributed by atoms with Crippen LogP contribution in [0.15, 0.2) is 24.3 Å². The molecule has 1 aromatic carbocycles. The van der Waals surface area contributed by atoms with Gasteiger partial charge in [-0.2, -0.15) is 11.8 Å². The Balaban J connectivity index is 2.07. The molecule has 20 heavy (non-hydrogen) atoms. The fraction of sp³-hybridized carbons (Fsp3) is 0.385. The van der Waals surface area contributed by atoms with Gasteiger partial charge >= 0.3 is 12.0 Å². The van der Waals surface area contributed by atoms with Crippen LogP contribution in [0, 0.1) is 0 Å². The summed E-state index contributed by atoms with van der Waals surface area (Å²) in [6, 6.07) is 6.41. The monoisotopic (exact) mass is 296 g/mol. The third kappa shape index (κ3) is 2.98. The molecule has 2 amide bonds. The minimum absolute atomic E-state index is 0.377. The van der Waals surface area contributed by atoms with Gasteiger partial charge in [-0.3, -0.25) is 0 Å². The minimum Gasteiger partial charge on any atom is -0.495 e. The highest BCUT2D eigenvalue weighted by molar-refractivity contribution is 7.99. The van der Waals surface area contributed by atoms with Crippen molar-refractivity contribution in [3.63, 3.8) is 0 Å². The molecule has 1 aromatic rings. The van der Waals surface area contributed by atoms with E-state index >= 15 is 0 Å². The zero-order valence-electron chi connectivity index (χ0n) is 11.0. The van der Waals surface area contributed by atoms with E-state index in [2.05, 4.69) is 10.6 Å². The summed E-state index contributed by atoms with van der Waals surface area (Å²) in [5.74, 6) is 0.619. The molecule has 1 unspecified atom stereocenters. The van der Waals surface area contributed by atoms with Crippen molar-refractivity contribution in [2.24, 2.45) is 0 Å². The summed E-state index contributed by atoms with van der Waals surface area (Å²) in [6.07, 6.45) is 0.423. The molecule has 2 rings (SSSR count). The van der Waals surface area contributed by atoms with Crippen LogP contribution in [-0.4, -0.2) is 41.3 Å². The summed E-state index contributed by atoms with van der Waals surface area (Å²) >= 11 is 1.52. The molecule has 1 atom stereocenters. The Labute approximate surface area is 120 Å². The first-order valence-electron chi connectivity index (χ1n) is 6.11. The molecule has 1 saturated heterocycles. The Hall–Kier alpha value is -1.89. The molecule has 7 heteroatoms. The summed E-state index contributed by atoms with van der Waals surface area (Å²) < 4.78 is 5.13. The number of carbonyl (C=O) groups excluding carboxylic acids is 1. The number of hydrogen-bond donors (Lipinski definition) is 3. The number of nitrogens with one attached hydrogen (secondary N) is 2. The first-order valence-corrected chi connectivity index (χ1v) is 7.26. The van der Waals surface area contributed by atoms with Gasteiger partial charge < -0.3 is 20.5 Å². The van der Waals surface area contributed by atoms with E-state index in [1.165, 1.54) is 18.9 Å². The summed E-state index contributed by atoms with van der Waals surface area (Å²) in [5, 5.41) is 14.5. The first kappa shape index (κ1) is 14.5. The van der Waals surface area contributed by atoms with E-state index in [1.807, 2.05) is 0 Å². The van der Waals surface area contributed by atoms with Crippen molar-refractivity contribution in [2.75, 3.05) is 23.9 Å². The van der Waals surface area contributed by atoms with Gasteiger partial charge in [-0.05, 0) is 24.3 Å². The van der Waals surface area contributed by atoms with Crippen LogP contribution in [0.2, 0.25) is 0 Å². The molecule has 1 aliphatic rings. The zero-order valence-corrected chi connectivity index (χ0v) is 11.8. The van der Waals surface area contributed by atoms with Crippen LogP contribution >= 0.6 is 11.8 Å². The van der Waals surface area contributed by atoms with E-state index in [9.17, 15) is 14.7 Å². The lowest BCUT2D eigenvalue weighted by Gasteiger charge is -2.24. The van der Waals surface area contributed by atoms with Gasteiger partial charge in [0, 0.05) is 5.75 Å². The van der Waals surface area contributed by atoms with Crippen LogP contribution < -0.4 is 15.4 Å². The molecule has 1 heterocycles. The average molecular weight is 296 g/mol. The maximum Gasteiger partial charge on any atom is 0.330 e. The van der Waals surface area contributed by atoms with Gasteiger partial charge in [0.15, 0.2) is 0 Å². The van der Waals surface area contributed by atoms with Crippen LogP contribution in [0.4, 0.5) is 10.5 Å². The molecule has 1 aliphatic heterocycles. The number of ether oxygens (including phenoxy) is 1. The number of carboxylic acid groups (broad SMARTS) is 1. The number of benzene rings is 1. The predicted octanol–water partition coefficient (Wildman–Crippen LogP) is 1.78. The van der Waals surface area contributed by atoms with Crippen LogP contribution in [0.25, 0.3) is 0 Å². The fourth-order valence-corrected chi connectivity index (χ4v) is 3.33. The van der Waals surface area contributed by atoms with Crippen molar-refractivity contribution in [1.29, 1.82) is 0 Å². The Morgan fingerprint density at radius 3 is 2.75 bits per heavy atom. The van der Waals surface area contributed by atoms with Crippen molar-refractivity contribution in [3.05, 3.63) is 24.3 Å². The van der Waals surface area contributed by atoms with Crippen LogP contribution in [0.5, 0.6) is 5.75 Å². The Bertz CT molecular complexity index is 515. The molecule has 0 aliphatic carbocycles. The summed E-state index contributed by atoms with van der Waals surface area (Å²) in [7, 11) is 1.50. The van der Waals surface area contributed by atoms with Gasteiger partial charge in [0.1, 0.15) is 11.3 Å². The van der Waals surface area contributed by atoms with Crippen molar-refractivity contribution in [2.45, 2.75) is 12.0 Å². The highest BCUT2D eigenvalue weighted by Gasteiger charge is 2.43. The lowest BCUT2D eigenvalue weighted by molar-refractivity contribution is -0.143. The van der Waals surface area contributed by atoms with Gasteiger partial charge in [0.05, 0.1) is 12.8 Å². The molecule has 6 nitrogen and oxygen atoms in total. The zero-order chi connectivity index (χ0) is 14.6. The standard InChI is InChI=1S/C13H16N2O4S/c1-19-10-5-3-2-4-9(10)14-12(18)15-13(11(16)17)6-7-20-8-13/h2-5H,6-8H2,1H3,(H,16,17)(H2,14,15,18). The topological polar surface area (TPSA) is 87.7 Å². The Kier molecular flexibility index (Phi) is 4.39. The van der Waals surface area contributed by atoms with Crippen molar-refractivity contribution in [1.82, 2.24) is 5.32 Å². The number of amides is 2. The van der Waals surface area contributed by atoms with Gasteiger partial charge in [0.25, 0.3) is 0 Å². The predicted molar refractivity (Wildman–Crippen MR) is 77.5 cm³/mol. The number of urea groups is 1. The van der Waals surface area contributed by atoms with E-state index in [-0.39, 0.29) is 0 Å². The maximum absolute atomic E-state index is 12.0. The van der Waals surface area contributed by atoms with E-state index in [1.54, 1.807) is 24.3 Å². The maximum atomic E-state index is 12.0. The lowest BCUT2D eigenvalue weighted by atomic mass is 10.00. The molecular weight excluding hydrogens is 280 g/mol. The second kappa shape index (κ2) is 6.04. The molecule has 0 bridgehead atoms. The van der Waals surface area contributed by atoms with E-state index in [0.29, 0.717) is 23.6 Å². The first-order chi connectivity index (χ1) is 9.57. The number of para-hydroxylation sites is 2. The SMILES string of the molecule is COc1ccccc1NC(=O)NC1(C(=O)O)CCSC1.